The molecule has 0 heterocycles. The first-order valence-electron chi connectivity index (χ1n) is 4.81. The Morgan fingerprint density at radius 2 is 1.81 bits per heavy atom. The number of ketones is 1. The summed E-state index contributed by atoms with van der Waals surface area (Å²) in [5, 5.41) is 8.87. The van der Waals surface area contributed by atoms with Crippen LogP contribution < -0.4 is 0 Å². The van der Waals surface area contributed by atoms with Crippen LogP contribution in [0.4, 0.5) is 0 Å². The number of carbonyl (C=O) groups is 2. The van der Waals surface area contributed by atoms with Gasteiger partial charge < -0.3 is 5.11 Å². The van der Waals surface area contributed by atoms with Gasteiger partial charge in [0, 0.05) is 11.0 Å². The van der Waals surface area contributed by atoms with Crippen molar-refractivity contribution in [3.05, 3.63) is 34.3 Å². The minimum Gasteiger partial charge on any atom is -0.478 e. The average Bonchev–Trinajstić information content (AvgIpc) is 2.14. The molecule has 0 radical (unpaired) electrons. The summed E-state index contributed by atoms with van der Waals surface area (Å²) in [6.07, 6.45) is 0. The summed E-state index contributed by atoms with van der Waals surface area (Å²) in [6.45, 7) is 5.40. The van der Waals surface area contributed by atoms with Crippen LogP contribution in [0.5, 0.6) is 0 Å². The third-order valence-corrected chi connectivity index (χ3v) is 2.46. The molecule has 3 nitrogen and oxygen atoms in total. The number of rotatable bonds is 2. The van der Waals surface area contributed by atoms with Crippen molar-refractivity contribution in [1.82, 2.24) is 0 Å². The van der Waals surface area contributed by atoms with Crippen LogP contribution in [0, 0.1) is 5.41 Å². The zero-order valence-corrected chi connectivity index (χ0v) is 10.1. The summed E-state index contributed by atoms with van der Waals surface area (Å²) in [4.78, 5) is 22.6. The van der Waals surface area contributed by atoms with Gasteiger partial charge >= 0.3 is 5.97 Å². The van der Waals surface area contributed by atoms with Crippen LogP contribution in [0.15, 0.2) is 18.2 Å². The summed E-state index contributed by atoms with van der Waals surface area (Å²) in [7, 11) is 0. The molecule has 0 fully saturated rings. The molecule has 0 aliphatic heterocycles. The maximum Gasteiger partial charge on any atom is 0.337 e. The molecule has 0 aliphatic carbocycles. The second-order valence-electron chi connectivity index (χ2n) is 4.58. The second-order valence-corrected chi connectivity index (χ2v) is 4.99. The van der Waals surface area contributed by atoms with Crippen molar-refractivity contribution in [2.24, 2.45) is 5.41 Å². The number of hydrogen-bond acceptors (Lipinski definition) is 2. The Kier molecular flexibility index (Phi) is 3.38. The third kappa shape index (κ3) is 2.61. The van der Waals surface area contributed by atoms with E-state index in [9.17, 15) is 9.59 Å². The van der Waals surface area contributed by atoms with Gasteiger partial charge in [-0.25, -0.2) is 4.79 Å². The molecule has 0 spiro atoms. The predicted octanol–water partition coefficient (Wildman–Crippen LogP) is 3.27. The molecule has 1 rings (SSSR count). The fourth-order valence-electron chi connectivity index (χ4n) is 1.26. The Morgan fingerprint density at radius 3 is 2.19 bits per heavy atom. The van der Waals surface area contributed by atoms with Crippen molar-refractivity contribution < 1.29 is 14.7 Å². The van der Waals surface area contributed by atoms with Crippen LogP contribution in [0.3, 0.4) is 0 Å². The normalized spacial score (nSPS) is 11.2. The van der Waals surface area contributed by atoms with Crippen molar-refractivity contribution in [1.29, 1.82) is 0 Å². The lowest BCUT2D eigenvalue weighted by Crippen LogP contribution is -2.20. The molecule has 1 aromatic rings. The van der Waals surface area contributed by atoms with Gasteiger partial charge in [0.1, 0.15) is 0 Å². The number of carboxylic acid groups (broad SMARTS) is 1. The molecular weight excluding hydrogens is 228 g/mol. The van der Waals surface area contributed by atoms with E-state index in [0.29, 0.717) is 5.56 Å². The first kappa shape index (κ1) is 12.7. The summed E-state index contributed by atoms with van der Waals surface area (Å²) in [5.74, 6) is -1.16. The maximum atomic E-state index is 11.9. The van der Waals surface area contributed by atoms with Gasteiger partial charge in [-0.1, -0.05) is 38.4 Å². The highest BCUT2D eigenvalue weighted by Gasteiger charge is 2.23. The molecule has 0 bridgehead atoms. The first-order valence-corrected chi connectivity index (χ1v) is 5.19. The molecule has 0 amide bonds. The van der Waals surface area contributed by atoms with Crippen LogP contribution in [0.25, 0.3) is 0 Å². The van der Waals surface area contributed by atoms with Gasteiger partial charge in [0.05, 0.1) is 10.6 Å². The average molecular weight is 241 g/mol. The van der Waals surface area contributed by atoms with Crippen molar-refractivity contribution in [3.63, 3.8) is 0 Å². The van der Waals surface area contributed by atoms with E-state index < -0.39 is 11.4 Å². The van der Waals surface area contributed by atoms with Crippen LogP contribution in [-0.2, 0) is 0 Å². The predicted molar refractivity (Wildman–Crippen MR) is 62.2 cm³/mol. The third-order valence-electron chi connectivity index (χ3n) is 2.14. The largest absolute Gasteiger partial charge is 0.478 e. The Hall–Kier alpha value is -1.35. The van der Waals surface area contributed by atoms with Gasteiger partial charge in [0.2, 0.25) is 0 Å². The fourth-order valence-corrected chi connectivity index (χ4v) is 1.52. The molecule has 0 saturated carbocycles. The summed E-state index contributed by atoms with van der Waals surface area (Å²) in [6, 6.07) is 4.24. The van der Waals surface area contributed by atoms with Gasteiger partial charge in [-0.3, -0.25) is 4.79 Å². The zero-order chi connectivity index (χ0) is 12.5. The monoisotopic (exact) mass is 240 g/mol. The van der Waals surface area contributed by atoms with E-state index in [4.69, 9.17) is 16.7 Å². The molecule has 1 N–H and O–H groups in total. The first-order chi connectivity index (χ1) is 7.23. The van der Waals surface area contributed by atoms with Gasteiger partial charge in [0.25, 0.3) is 0 Å². The van der Waals surface area contributed by atoms with Gasteiger partial charge in [-0.05, 0) is 12.1 Å². The Labute approximate surface area is 99.0 Å². The lowest BCUT2D eigenvalue weighted by atomic mass is 9.86. The number of carboxylic acids is 1. The van der Waals surface area contributed by atoms with Crippen LogP contribution >= 0.6 is 11.6 Å². The van der Waals surface area contributed by atoms with Gasteiger partial charge in [-0.15, -0.1) is 0 Å². The molecule has 0 aromatic heterocycles. The standard InChI is InChI=1S/C12H13ClO3/c1-12(2,3)10(14)7-4-5-8(11(15)16)9(13)6-7/h4-6H,1-3H3,(H,15,16). The van der Waals surface area contributed by atoms with Crippen molar-refractivity contribution >= 4 is 23.4 Å². The summed E-state index contributed by atoms with van der Waals surface area (Å²) < 4.78 is 0. The van der Waals surface area contributed by atoms with Gasteiger partial charge in [0.15, 0.2) is 5.78 Å². The van der Waals surface area contributed by atoms with E-state index in [1.54, 1.807) is 20.8 Å². The van der Waals surface area contributed by atoms with Crippen molar-refractivity contribution in [2.75, 3.05) is 0 Å². The molecular formula is C12H13ClO3. The number of carbonyl (C=O) groups excluding carboxylic acids is 1. The van der Waals surface area contributed by atoms with E-state index in [2.05, 4.69) is 0 Å². The molecule has 4 heteroatoms. The topological polar surface area (TPSA) is 54.4 Å². The summed E-state index contributed by atoms with van der Waals surface area (Å²) >= 11 is 5.79. The SMILES string of the molecule is CC(C)(C)C(=O)c1ccc(C(=O)O)c(Cl)c1. The number of aromatic carboxylic acids is 1. The molecule has 0 aliphatic rings. The lowest BCUT2D eigenvalue weighted by molar-refractivity contribution is 0.0696. The van der Waals surface area contributed by atoms with Crippen LogP contribution in [-0.4, -0.2) is 16.9 Å². The number of benzene rings is 1. The molecule has 0 atom stereocenters. The second kappa shape index (κ2) is 4.26. The minimum absolute atomic E-state index is 0.00660. The highest BCUT2D eigenvalue weighted by Crippen LogP contribution is 2.24. The van der Waals surface area contributed by atoms with E-state index in [1.165, 1.54) is 18.2 Å². The highest BCUT2D eigenvalue weighted by molar-refractivity contribution is 6.33. The number of hydrogen-bond donors (Lipinski definition) is 1. The van der Waals surface area contributed by atoms with E-state index >= 15 is 0 Å². The Morgan fingerprint density at radius 1 is 1.25 bits per heavy atom. The van der Waals surface area contributed by atoms with Crippen LogP contribution in [0.1, 0.15) is 41.5 Å². The smallest absolute Gasteiger partial charge is 0.337 e. The minimum atomic E-state index is -1.10. The fraction of sp³-hybridized carbons (Fsp3) is 0.333. The Bertz CT molecular complexity index is 444. The van der Waals surface area contributed by atoms with E-state index in [0.717, 1.165) is 0 Å². The molecule has 16 heavy (non-hydrogen) atoms. The number of halogens is 1. The lowest BCUT2D eigenvalue weighted by Gasteiger charge is -2.16. The molecule has 0 saturated heterocycles. The molecule has 1 aromatic carbocycles. The highest BCUT2D eigenvalue weighted by atomic mass is 35.5. The van der Waals surface area contributed by atoms with Crippen LogP contribution in [0.2, 0.25) is 5.02 Å². The maximum absolute atomic E-state index is 11.9. The van der Waals surface area contributed by atoms with Crippen molar-refractivity contribution in [2.45, 2.75) is 20.8 Å². The van der Waals surface area contributed by atoms with E-state index in [1.807, 2.05) is 0 Å². The van der Waals surface area contributed by atoms with E-state index in [-0.39, 0.29) is 16.4 Å². The molecule has 86 valence electrons. The summed E-state index contributed by atoms with van der Waals surface area (Å²) in [5.41, 5.74) is -0.0664. The zero-order valence-electron chi connectivity index (χ0n) is 9.37. The quantitative estimate of drug-likeness (QED) is 0.808. The Balaban J connectivity index is 3.17. The van der Waals surface area contributed by atoms with Crippen molar-refractivity contribution in [3.8, 4) is 0 Å². The molecule has 0 unspecified atom stereocenters. The number of Topliss-reactive ketones (excluding diaryl/α,β-unsaturated/α-hetero) is 1. The van der Waals surface area contributed by atoms with Gasteiger partial charge in [-0.2, -0.15) is 0 Å².